The highest BCUT2D eigenvalue weighted by molar-refractivity contribution is 5.92. The first kappa shape index (κ1) is 11.2. The third kappa shape index (κ3) is 2.82. The van der Waals surface area contributed by atoms with Crippen molar-refractivity contribution in [2.24, 2.45) is 0 Å². The van der Waals surface area contributed by atoms with Gasteiger partial charge in [-0.2, -0.15) is 0 Å². The molecule has 14 heavy (non-hydrogen) atoms. The molecule has 2 N–H and O–H groups in total. The average Bonchev–Trinajstić information content (AvgIpc) is 2.17. The lowest BCUT2D eigenvalue weighted by atomic mass is 10.1. The van der Waals surface area contributed by atoms with Crippen molar-refractivity contribution in [1.82, 2.24) is 15.8 Å². The van der Waals surface area contributed by atoms with Crippen molar-refractivity contribution in [3.8, 4) is 0 Å². The number of nitrogens with zero attached hydrogens (tertiary/aromatic N) is 1. The molecular weight excluding hydrogens is 178 g/mol. The normalized spacial score (nSPS) is 22.1. The van der Waals surface area contributed by atoms with Crippen LogP contribution in [0.3, 0.4) is 0 Å². The Balaban J connectivity index is 2.47. The van der Waals surface area contributed by atoms with E-state index < -0.39 is 0 Å². The van der Waals surface area contributed by atoms with Crippen LogP contribution in [-0.4, -0.2) is 37.0 Å². The molecule has 1 heterocycles. The van der Waals surface area contributed by atoms with E-state index in [1.165, 1.54) is 0 Å². The van der Waals surface area contributed by atoms with Crippen molar-refractivity contribution in [1.29, 1.82) is 0 Å². The molecule has 1 rings (SSSR count). The topological polar surface area (TPSA) is 44.4 Å². The van der Waals surface area contributed by atoms with E-state index in [-0.39, 0.29) is 5.91 Å². The summed E-state index contributed by atoms with van der Waals surface area (Å²) in [6.45, 7) is 7.06. The summed E-state index contributed by atoms with van der Waals surface area (Å²) in [5, 5.41) is 0. The molecule has 0 aromatic heterocycles. The molecule has 80 valence electrons. The van der Waals surface area contributed by atoms with E-state index in [4.69, 9.17) is 0 Å². The van der Waals surface area contributed by atoms with Crippen LogP contribution in [0, 0.1) is 0 Å². The lowest BCUT2D eigenvalue weighted by Gasteiger charge is -2.33. The molecule has 0 spiro atoms. The van der Waals surface area contributed by atoms with E-state index in [1.54, 1.807) is 6.92 Å². The number of amides is 1. The van der Waals surface area contributed by atoms with E-state index in [0.717, 1.165) is 25.9 Å². The molecule has 0 aromatic carbocycles. The summed E-state index contributed by atoms with van der Waals surface area (Å²) in [6.07, 6.45) is 2.17. The highest BCUT2D eigenvalue weighted by Crippen LogP contribution is 2.11. The number of nitrogens with one attached hydrogen (secondary N) is 2. The smallest absolute Gasteiger partial charge is 0.248 e. The van der Waals surface area contributed by atoms with Gasteiger partial charge in [-0.25, -0.2) is 0 Å². The Morgan fingerprint density at radius 2 is 2.29 bits per heavy atom. The number of piperidine rings is 1. The fourth-order valence-electron chi connectivity index (χ4n) is 1.75. The average molecular weight is 197 g/mol. The second-order valence-corrected chi connectivity index (χ2v) is 3.76. The summed E-state index contributed by atoms with van der Waals surface area (Å²) in [5.74, 6) is 0.0765. The Morgan fingerprint density at radius 3 is 2.86 bits per heavy atom. The number of rotatable bonds is 3. The van der Waals surface area contributed by atoms with Gasteiger partial charge in [0.25, 0.3) is 0 Å². The predicted octanol–water partition coefficient (Wildman–Crippen LogP) is 0.277. The van der Waals surface area contributed by atoms with Crippen molar-refractivity contribution in [3.05, 3.63) is 12.2 Å². The van der Waals surface area contributed by atoms with Crippen molar-refractivity contribution < 1.29 is 4.79 Å². The number of carbonyl (C=O) groups excluding carboxylic acids is 1. The molecule has 1 aliphatic heterocycles. The van der Waals surface area contributed by atoms with Crippen LogP contribution in [0.4, 0.5) is 0 Å². The van der Waals surface area contributed by atoms with E-state index in [1.807, 2.05) is 11.9 Å². The lowest BCUT2D eigenvalue weighted by Crippen LogP contribution is -2.51. The summed E-state index contributed by atoms with van der Waals surface area (Å²) in [6, 6.07) is 0.358. The molecule has 0 aromatic rings. The van der Waals surface area contributed by atoms with E-state index in [9.17, 15) is 4.79 Å². The minimum absolute atomic E-state index is 0.0765. The summed E-state index contributed by atoms with van der Waals surface area (Å²) < 4.78 is 0. The maximum atomic E-state index is 11.6. The number of hydrogen-bond donors (Lipinski definition) is 2. The van der Waals surface area contributed by atoms with Crippen LogP contribution in [0.25, 0.3) is 0 Å². The second-order valence-electron chi connectivity index (χ2n) is 3.76. The van der Waals surface area contributed by atoms with Gasteiger partial charge in [0.15, 0.2) is 0 Å². The van der Waals surface area contributed by atoms with Gasteiger partial charge in [0.05, 0.1) is 0 Å². The van der Waals surface area contributed by atoms with Crippen LogP contribution in [0.5, 0.6) is 0 Å². The highest BCUT2D eigenvalue weighted by atomic mass is 16.2. The minimum atomic E-state index is 0.0765. The Morgan fingerprint density at radius 1 is 1.57 bits per heavy atom. The van der Waals surface area contributed by atoms with E-state index in [2.05, 4.69) is 17.4 Å². The molecule has 0 radical (unpaired) electrons. The highest BCUT2D eigenvalue weighted by Gasteiger charge is 2.22. The lowest BCUT2D eigenvalue weighted by molar-refractivity contribution is -0.128. The summed E-state index contributed by atoms with van der Waals surface area (Å²) in [7, 11) is 1.85. The van der Waals surface area contributed by atoms with Crippen LogP contribution >= 0.6 is 0 Å². The summed E-state index contributed by atoms with van der Waals surface area (Å²) in [4.78, 5) is 13.5. The first-order valence-electron chi connectivity index (χ1n) is 5.02. The fraction of sp³-hybridized carbons (Fsp3) is 0.700. The monoisotopic (exact) mass is 197 g/mol. The number of likely N-dealkylation sites (tertiary alicyclic amines) is 1. The number of hydrazine groups is 1. The zero-order chi connectivity index (χ0) is 10.6. The first-order valence-corrected chi connectivity index (χ1v) is 5.02. The van der Waals surface area contributed by atoms with Crippen molar-refractivity contribution in [2.45, 2.75) is 25.8 Å². The first-order chi connectivity index (χ1) is 6.65. The standard InChI is InChI=1S/C10H19N3O/c1-8(2)10(14)13-6-4-5-9(7-13)12-11-3/h9,11-12H,1,4-7H2,2-3H3/t9-/m1/s1. The zero-order valence-corrected chi connectivity index (χ0v) is 8.97. The van der Waals surface area contributed by atoms with Crippen LogP contribution < -0.4 is 10.9 Å². The van der Waals surface area contributed by atoms with E-state index >= 15 is 0 Å². The van der Waals surface area contributed by atoms with Crippen LogP contribution in [0.15, 0.2) is 12.2 Å². The van der Waals surface area contributed by atoms with Crippen LogP contribution in [-0.2, 0) is 4.79 Å². The van der Waals surface area contributed by atoms with Crippen molar-refractivity contribution in [2.75, 3.05) is 20.1 Å². The molecule has 1 atom stereocenters. The Labute approximate surface area is 85.3 Å². The molecule has 4 heteroatoms. The largest absolute Gasteiger partial charge is 0.337 e. The molecule has 4 nitrogen and oxygen atoms in total. The predicted molar refractivity (Wildman–Crippen MR) is 56.6 cm³/mol. The van der Waals surface area contributed by atoms with Gasteiger partial charge < -0.3 is 4.90 Å². The van der Waals surface area contributed by atoms with Gasteiger partial charge in [0.2, 0.25) is 5.91 Å². The van der Waals surface area contributed by atoms with Gasteiger partial charge in [0.1, 0.15) is 0 Å². The third-order valence-corrected chi connectivity index (χ3v) is 2.42. The maximum absolute atomic E-state index is 11.6. The number of hydrogen-bond acceptors (Lipinski definition) is 3. The molecule has 0 bridgehead atoms. The Kier molecular flexibility index (Phi) is 4.10. The van der Waals surface area contributed by atoms with Crippen LogP contribution in [0.1, 0.15) is 19.8 Å². The van der Waals surface area contributed by atoms with Crippen molar-refractivity contribution in [3.63, 3.8) is 0 Å². The number of carbonyl (C=O) groups is 1. The van der Waals surface area contributed by atoms with Gasteiger partial charge in [-0.05, 0) is 26.8 Å². The Bertz CT molecular complexity index is 225. The van der Waals surface area contributed by atoms with E-state index in [0.29, 0.717) is 11.6 Å². The van der Waals surface area contributed by atoms with Gasteiger partial charge in [0, 0.05) is 24.7 Å². The second kappa shape index (κ2) is 5.12. The molecule has 1 fully saturated rings. The van der Waals surface area contributed by atoms with Gasteiger partial charge in [-0.15, -0.1) is 0 Å². The molecular formula is C10H19N3O. The zero-order valence-electron chi connectivity index (χ0n) is 8.97. The third-order valence-electron chi connectivity index (χ3n) is 2.42. The summed E-state index contributed by atoms with van der Waals surface area (Å²) >= 11 is 0. The SMILES string of the molecule is C=C(C)C(=O)N1CCC[C@@H](NNC)C1. The van der Waals surface area contributed by atoms with Crippen molar-refractivity contribution >= 4 is 5.91 Å². The van der Waals surface area contributed by atoms with Crippen LogP contribution in [0.2, 0.25) is 0 Å². The summed E-state index contributed by atoms with van der Waals surface area (Å²) in [5.41, 5.74) is 6.67. The molecule has 1 amide bonds. The van der Waals surface area contributed by atoms with Gasteiger partial charge >= 0.3 is 0 Å². The quantitative estimate of drug-likeness (QED) is 0.504. The van der Waals surface area contributed by atoms with Gasteiger partial charge in [-0.1, -0.05) is 6.58 Å². The fourth-order valence-corrected chi connectivity index (χ4v) is 1.75. The minimum Gasteiger partial charge on any atom is -0.337 e. The molecule has 1 saturated heterocycles. The molecule has 1 aliphatic rings. The molecule has 0 aliphatic carbocycles. The maximum Gasteiger partial charge on any atom is 0.248 e. The molecule has 0 saturated carbocycles. The molecule has 0 unspecified atom stereocenters. The Hall–Kier alpha value is -0.870. The van der Waals surface area contributed by atoms with Gasteiger partial charge in [-0.3, -0.25) is 15.6 Å².